The summed E-state index contributed by atoms with van der Waals surface area (Å²) >= 11 is 3.38. The quantitative estimate of drug-likeness (QED) is 0.654. The molecule has 0 aliphatic heterocycles. The molecule has 0 fully saturated rings. The van der Waals surface area contributed by atoms with Gasteiger partial charge in [-0.1, -0.05) is 34.1 Å². The third kappa shape index (κ3) is 4.95. The predicted molar refractivity (Wildman–Crippen MR) is 106 cm³/mol. The van der Waals surface area contributed by atoms with Crippen LogP contribution in [0.4, 0.5) is 5.69 Å². The van der Waals surface area contributed by atoms with Crippen molar-refractivity contribution in [1.82, 2.24) is 9.78 Å². The number of nitrogens with zero attached hydrogens (tertiary/aromatic N) is 2. The number of carbonyl (C=O) groups is 1. The van der Waals surface area contributed by atoms with Crippen LogP contribution in [-0.2, 0) is 11.3 Å². The first-order valence-electron chi connectivity index (χ1n) is 8.28. The van der Waals surface area contributed by atoms with Gasteiger partial charge in [-0.05, 0) is 55.8 Å². The molecule has 0 aliphatic rings. The Hall–Kier alpha value is -2.60. The zero-order valence-corrected chi connectivity index (χ0v) is 16.3. The first-order valence-corrected chi connectivity index (χ1v) is 9.07. The van der Waals surface area contributed by atoms with Crippen LogP contribution < -0.4 is 10.1 Å². The van der Waals surface area contributed by atoms with Crippen molar-refractivity contribution in [1.29, 1.82) is 0 Å². The molecule has 1 aromatic heterocycles. The van der Waals surface area contributed by atoms with Crippen molar-refractivity contribution < 1.29 is 9.53 Å². The van der Waals surface area contributed by atoms with Gasteiger partial charge in [-0.15, -0.1) is 0 Å². The third-order valence-electron chi connectivity index (χ3n) is 3.81. The van der Waals surface area contributed by atoms with Crippen molar-refractivity contribution >= 4 is 27.5 Å². The zero-order chi connectivity index (χ0) is 18.5. The van der Waals surface area contributed by atoms with E-state index in [2.05, 4.69) is 26.3 Å². The van der Waals surface area contributed by atoms with E-state index in [9.17, 15) is 4.79 Å². The molecule has 0 saturated carbocycles. The van der Waals surface area contributed by atoms with Crippen LogP contribution >= 0.6 is 15.9 Å². The molecule has 0 unspecified atom stereocenters. The van der Waals surface area contributed by atoms with Crippen molar-refractivity contribution in [2.45, 2.75) is 20.4 Å². The Morgan fingerprint density at radius 3 is 2.69 bits per heavy atom. The van der Waals surface area contributed by atoms with Crippen LogP contribution in [0.3, 0.4) is 0 Å². The zero-order valence-electron chi connectivity index (χ0n) is 14.7. The highest BCUT2D eigenvalue weighted by atomic mass is 79.9. The summed E-state index contributed by atoms with van der Waals surface area (Å²) in [7, 11) is 0. The number of anilines is 1. The molecule has 1 N–H and O–H groups in total. The second-order valence-corrected chi connectivity index (χ2v) is 7.00. The summed E-state index contributed by atoms with van der Waals surface area (Å²) in [5.74, 6) is 0.445. The molecule has 6 heteroatoms. The lowest BCUT2D eigenvalue weighted by molar-refractivity contribution is -0.118. The fourth-order valence-corrected chi connectivity index (χ4v) is 3.04. The number of aryl methyl sites for hydroxylation is 2. The number of amides is 1. The fraction of sp³-hybridized carbons (Fsp3) is 0.200. The maximum absolute atomic E-state index is 12.1. The number of carbonyl (C=O) groups excluding carboxylic acids is 1. The second-order valence-electron chi connectivity index (χ2n) is 6.08. The smallest absolute Gasteiger partial charge is 0.262 e. The van der Waals surface area contributed by atoms with Crippen LogP contribution in [0, 0.1) is 13.8 Å². The van der Waals surface area contributed by atoms with E-state index >= 15 is 0 Å². The molecule has 3 rings (SSSR count). The van der Waals surface area contributed by atoms with Gasteiger partial charge in [-0.3, -0.25) is 9.48 Å². The molecule has 134 valence electrons. The summed E-state index contributed by atoms with van der Waals surface area (Å²) in [5, 5.41) is 7.34. The van der Waals surface area contributed by atoms with E-state index in [-0.39, 0.29) is 12.5 Å². The molecule has 0 atom stereocenters. The van der Waals surface area contributed by atoms with Gasteiger partial charge in [0.1, 0.15) is 5.75 Å². The van der Waals surface area contributed by atoms with E-state index in [0.717, 1.165) is 27.1 Å². The topological polar surface area (TPSA) is 56.2 Å². The Morgan fingerprint density at radius 1 is 1.15 bits per heavy atom. The predicted octanol–water partition coefficient (Wildman–Crippen LogP) is 4.33. The Morgan fingerprint density at radius 2 is 1.96 bits per heavy atom. The molecule has 1 heterocycles. The SMILES string of the molecule is Cc1cc(C)n(Cc2cccc(NC(=O)COc3cccc(Br)c3)c2)n1. The lowest BCUT2D eigenvalue weighted by Crippen LogP contribution is -2.20. The number of benzene rings is 2. The minimum Gasteiger partial charge on any atom is -0.484 e. The van der Waals surface area contributed by atoms with Crippen LogP contribution in [0.25, 0.3) is 0 Å². The molecule has 0 radical (unpaired) electrons. The van der Waals surface area contributed by atoms with E-state index in [1.54, 1.807) is 0 Å². The van der Waals surface area contributed by atoms with Crippen LogP contribution in [0.1, 0.15) is 17.0 Å². The minimum absolute atomic E-state index is 0.0435. The molecule has 2 aromatic carbocycles. The minimum atomic E-state index is -0.201. The highest BCUT2D eigenvalue weighted by Crippen LogP contribution is 2.18. The fourth-order valence-electron chi connectivity index (χ4n) is 2.66. The molecule has 0 saturated heterocycles. The average Bonchev–Trinajstić information content (AvgIpc) is 2.91. The lowest BCUT2D eigenvalue weighted by atomic mass is 10.2. The second kappa shape index (κ2) is 8.19. The maximum atomic E-state index is 12.1. The van der Waals surface area contributed by atoms with Crippen LogP contribution in [0.5, 0.6) is 5.75 Å². The van der Waals surface area contributed by atoms with Crippen molar-refractivity contribution in [3.05, 3.63) is 76.0 Å². The maximum Gasteiger partial charge on any atom is 0.262 e. The average molecular weight is 414 g/mol. The van der Waals surface area contributed by atoms with E-state index in [4.69, 9.17) is 4.74 Å². The molecule has 5 nitrogen and oxygen atoms in total. The summed E-state index contributed by atoms with van der Waals surface area (Å²) in [5.41, 5.74) is 3.92. The summed E-state index contributed by atoms with van der Waals surface area (Å²) in [6.07, 6.45) is 0. The monoisotopic (exact) mass is 413 g/mol. The molecule has 0 bridgehead atoms. The number of halogens is 1. The molecule has 26 heavy (non-hydrogen) atoms. The summed E-state index contributed by atoms with van der Waals surface area (Å²) in [6.45, 7) is 4.63. The number of aromatic nitrogens is 2. The van der Waals surface area contributed by atoms with Gasteiger partial charge in [0.05, 0.1) is 12.2 Å². The summed E-state index contributed by atoms with van der Waals surface area (Å²) in [4.78, 5) is 12.1. The van der Waals surface area contributed by atoms with Gasteiger partial charge >= 0.3 is 0 Å². The number of ether oxygens (including phenoxy) is 1. The van der Waals surface area contributed by atoms with Gasteiger partial charge in [-0.2, -0.15) is 5.10 Å². The largest absolute Gasteiger partial charge is 0.484 e. The van der Waals surface area contributed by atoms with E-state index in [0.29, 0.717) is 12.3 Å². The number of hydrogen-bond donors (Lipinski definition) is 1. The van der Waals surface area contributed by atoms with Crippen LogP contribution in [-0.4, -0.2) is 22.3 Å². The lowest BCUT2D eigenvalue weighted by Gasteiger charge is -2.10. The van der Waals surface area contributed by atoms with Gasteiger partial charge in [0.15, 0.2) is 6.61 Å². The van der Waals surface area contributed by atoms with Gasteiger partial charge in [0.2, 0.25) is 0 Å². The molecular weight excluding hydrogens is 394 g/mol. The first-order chi connectivity index (χ1) is 12.5. The molecule has 0 spiro atoms. The molecule has 3 aromatic rings. The van der Waals surface area contributed by atoms with Gasteiger partial charge in [0.25, 0.3) is 5.91 Å². The first kappa shape index (κ1) is 18.2. The van der Waals surface area contributed by atoms with Gasteiger partial charge < -0.3 is 10.1 Å². The van der Waals surface area contributed by atoms with Crippen molar-refractivity contribution in [3.8, 4) is 5.75 Å². The van der Waals surface area contributed by atoms with Crippen molar-refractivity contribution in [3.63, 3.8) is 0 Å². The Balaban J connectivity index is 1.59. The van der Waals surface area contributed by atoms with Crippen LogP contribution in [0.2, 0.25) is 0 Å². The molecule has 0 aliphatic carbocycles. The summed E-state index contributed by atoms with van der Waals surface area (Å²) < 4.78 is 8.37. The normalized spacial score (nSPS) is 10.6. The van der Waals surface area contributed by atoms with Gasteiger partial charge in [-0.25, -0.2) is 0 Å². The third-order valence-corrected chi connectivity index (χ3v) is 4.31. The number of nitrogens with one attached hydrogen (secondary N) is 1. The standard InChI is InChI=1S/C20H20BrN3O2/c1-14-9-15(2)24(23-14)12-16-5-3-7-18(10-16)22-20(25)13-26-19-8-4-6-17(21)11-19/h3-11H,12-13H2,1-2H3,(H,22,25). The molecular formula is C20H20BrN3O2. The van der Waals surface area contributed by atoms with Crippen molar-refractivity contribution in [2.24, 2.45) is 0 Å². The summed E-state index contributed by atoms with van der Waals surface area (Å²) in [6, 6.07) is 17.2. The number of hydrogen-bond acceptors (Lipinski definition) is 3. The van der Waals surface area contributed by atoms with E-state index in [1.165, 1.54) is 0 Å². The Kier molecular flexibility index (Phi) is 5.73. The highest BCUT2D eigenvalue weighted by Gasteiger charge is 2.06. The van der Waals surface area contributed by atoms with E-state index < -0.39 is 0 Å². The van der Waals surface area contributed by atoms with Crippen molar-refractivity contribution in [2.75, 3.05) is 11.9 Å². The van der Waals surface area contributed by atoms with E-state index in [1.807, 2.05) is 73.1 Å². The Bertz CT molecular complexity index is 921. The Labute approximate surface area is 161 Å². The van der Waals surface area contributed by atoms with Crippen LogP contribution in [0.15, 0.2) is 59.1 Å². The van der Waals surface area contributed by atoms with Gasteiger partial charge in [0, 0.05) is 15.9 Å². The number of rotatable bonds is 6. The highest BCUT2D eigenvalue weighted by molar-refractivity contribution is 9.10. The molecule has 1 amide bonds.